The van der Waals surface area contributed by atoms with Crippen molar-refractivity contribution in [3.05, 3.63) is 148 Å². The van der Waals surface area contributed by atoms with Crippen LogP contribution in [0.25, 0.3) is 11.1 Å². The number of thiophene rings is 1. The van der Waals surface area contributed by atoms with Gasteiger partial charge in [-0.25, -0.2) is 4.79 Å². The van der Waals surface area contributed by atoms with E-state index in [2.05, 4.69) is 26.6 Å². The quantitative estimate of drug-likeness (QED) is 0.0942. The molecule has 0 saturated heterocycles. The van der Waals surface area contributed by atoms with E-state index < -0.39 is 71.6 Å². The Hall–Kier alpha value is -6.80. The summed E-state index contributed by atoms with van der Waals surface area (Å²) >= 11 is 1.42. The minimum Gasteiger partial charge on any atom is -0.484 e. The topological polar surface area (TPSA) is 192 Å². The van der Waals surface area contributed by atoms with E-state index in [0.29, 0.717) is 18.6 Å². The molecule has 5 unspecified atom stereocenters. The molecule has 328 valence electrons. The van der Waals surface area contributed by atoms with Crippen LogP contribution in [0, 0.1) is 5.92 Å². The van der Waals surface area contributed by atoms with E-state index in [0.717, 1.165) is 32.7 Å². The predicted molar refractivity (Wildman–Crippen MR) is 241 cm³/mol. The van der Waals surface area contributed by atoms with Crippen molar-refractivity contribution in [1.82, 2.24) is 26.6 Å². The third-order valence-electron chi connectivity index (χ3n) is 10.8. The van der Waals surface area contributed by atoms with Gasteiger partial charge in [-0.15, -0.1) is 11.3 Å². The molecule has 0 radical (unpaired) electrons. The zero-order valence-corrected chi connectivity index (χ0v) is 36.1. The lowest BCUT2D eigenvalue weighted by atomic mass is 9.98. The lowest BCUT2D eigenvalue weighted by molar-refractivity contribution is -0.143. The first-order valence-electron chi connectivity index (χ1n) is 21.1. The summed E-state index contributed by atoms with van der Waals surface area (Å²) < 4.78 is 5.78. The molecule has 5 aromatic rings. The summed E-state index contributed by atoms with van der Waals surface area (Å²) in [6.45, 7) is 2.96. The van der Waals surface area contributed by atoms with Crippen LogP contribution >= 0.6 is 11.3 Å². The maximum atomic E-state index is 14.6. The number of amides is 5. The molecule has 0 fully saturated rings. The van der Waals surface area contributed by atoms with Gasteiger partial charge < -0.3 is 36.4 Å². The minimum atomic E-state index is -1.22. The van der Waals surface area contributed by atoms with Gasteiger partial charge in [0.2, 0.25) is 23.6 Å². The average Bonchev–Trinajstić information content (AvgIpc) is 3.81. The molecular formula is C49H53N5O8S. The number of ether oxygens (including phenoxy) is 1. The number of hydrogen-bond donors (Lipinski definition) is 6. The Labute approximate surface area is 371 Å². The fourth-order valence-electron chi connectivity index (χ4n) is 7.27. The number of rotatable bonds is 12. The fraction of sp³-hybridized carbons (Fsp3) is 0.306. The van der Waals surface area contributed by atoms with E-state index in [1.807, 2.05) is 102 Å². The number of benzene rings is 4. The van der Waals surface area contributed by atoms with Crippen LogP contribution in [0.1, 0.15) is 48.3 Å². The highest BCUT2D eigenvalue weighted by molar-refractivity contribution is 7.09. The number of nitrogens with one attached hydrogen (secondary N) is 5. The van der Waals surface area contributed by atoms with Gasteiger partial charge in [-0.3, -0.25) is 24.0 Å². The summed E-state index contributed by atoms with van der Waals surface area (Å²) in [4.78, 5) is 83.5. The first kappa shape index (κ1) is 45.7. The molecule has 6 N–H and O–H groups in total. The summed E-state index contributed by atoms with van der Waals surface area (Å²) in [5, 5.41) is 25.8. The highest BCUT2D eigenvalue weighted by Crippen LogP contribution is 2.21. The van der Waals surface area contributed by atoms with Gasteiger partial charge in [0.05, 0.1) is 0 Å². The molecule has 2 aliphatic heterocycles. The van der Waals surface area contributed by atoms with Gasteiger partial charge in [-0.2, -0.15) is 0 Å². The lowest BCUT2D eigenvalue weighted by Crippen LogP contribution is -2.59. The number of aryl methyl sites for hydroxylation is 2. The molecule has 63 heavy (non-hydrogen) atoms. The molecule has 2 bridgehead atoms. The molecule has 7 rings (SSSR count). The Bertz CT molecular complexity index is 2310. The van der Waals surface area contributed by atoms with E-state index in [9.17, 15) is 33.9 Å². The number of carboxylic acids is 1. The number of carboxylic acid groups (broad SMARTS) is 1. The Morgan fingerprint density at radius 2 is 1.32 bits per heavy atom. The number of hydrogen-bond acceptors (Lipinski definition) is 8. The van der Waals surface area contributed by atoms with E-state index in [-0.39, 0.29) is 32.3 Å². The standard InChI is InChI=1S/C49H53N5O8S/c1-31(2)44(49(60)61)54-46(57)40-26-20-33-17-23-37(24-18-33)62-30-43(55)50-42(29-38-14-9-27-63-38)48(59)53-41(28-34-15-21-36(22-16-34)35-12-7-4-8-13-35)47(58)52-39(45(56)51-40)25-19-32-10-5-3-6-11-32/h3-18,21-24,27,31,39-42,44H,19-20,25-26,28-30H2,1-2H3,(H,50,55)(H,51,56)(H,52,58)(H,53,59)(H,54,57)(H,60,61). The number of aliphatic carboxylic acids is 1. The van der Waals surface area contributed by atoms with Gasteiger partial charge in [-0.1, -0.05) is 117 Å². The van der Waals surface area contributed by atoms with Crippen molar-refractivity contribution in [3.63, 3.8) is 0 Å². The maximum Gasteiger partial charge on any atom is 0.326 e. The summed E-state index contributed by atoms with van der Waals surface area (Å²) in [6, 6.07) is 31.5. The van der Waals surface area contributed by atoms with Gasteiger partial charge in [0.15, 0.2) is 6.61 Å². The molecular weight excluding hydrogens is 819 g/mol. The number of carbonyl (C=O) groups is 6. The Kier molecular flexibility index (Phi) is 16.2. The smallest absolute Gasteiger partial charge is 0.326 e. The molecule has 0 spiro atoms. The molecule has 2 aliphatic rings. The van der Waals surface area contributed by atoms with E-state index in [1.165, 1.54) is 11.3 Å². The van der Waals surface area contributed by atoms with Crippen LogP contribution < -0.4 is 31.3 Å². The van der Waals surface area contributed by atoms with Crippen LogP contribution in [0.15, 0.2) is 127 Å². The van der Waals surface area contributed by atoms with Crippen LogP contribution in [0.2, 0.25) is 0 Å². The Balaban J connectivity index is 1.35. The molecule has 5 amide bonds. The summed E-state index contributed by atoms with van der Waals surface area (Å²) in [5.41, 5.74) is 4.38. The van der Waals surface area contributed by atoms with Crippen LogP contribution in [0.5, 0.6) is 5.75 Å². The van der Waals surface area contributed by atoms with Crippen molar-refractivity contribution >= 4 is 46.8 Å². The number of carbonyl (C=O) groups excluding carboxylic acids is 5. The third-order valence-corrected chi connectivity index (χ3v) is 11.7. The highest BCUT2D eigenvalue weighted by atomic mass is 32.1. The van der Waals surface area contributed by atoms with Crippen molar-refractivity contribution in [2.24, 2.45) is 5.92 Å². The summed E-state index contributed by atoms with van der Waals surface area (Å²) in [5.74, 6) is -4.44. The molecule has 0 saturated carbocycles. The van der Waals surface area contributed by atoms with Gasteiger partial charge in [0.25, 0.3) is 5.91 Å². The normalized spacial score (nSPS) is 19.4. The van der Waals surface area contributed by atoms with E-state index >= 15 is 0 Å². The molecule has 1 aromatic heterocycles. The summed E-state index contributed by atoms with van der Waals surface area (Å²) in [6.07, 6.45) is 1.09. The molecule has 13 nitrogen and oxygen atoms in total. The van der Waals surface area contributed by atoms with E-state index in [4.69, 9.17) is 4.74 Å². The first-order chi connectivity index (χ1) is 30.4. The van der Waals surface area contributed by atoms with E-state index in [1.54, 1.807) is 38.1 Å². The minimum absolute atomic E-state index is 0.0366. The highest BCUT2D eigenvalue weighted by Gasteiger charge is 2.33. The zero-order chi connectivity index (χ0) is 44.7. The van der Waals surface area contributed by atoms with Crippen molar-refractivity contribution in [2.45, 2.75) is 82.6 Å². The Morgan fingerprint density at radius 3 is 1.95 bits per heavy atom. The zero-order valence-electron chi connectivity index (χ0n) is 35.3. The van der Waals surface area contributed by atoms with Crippen LogP contribution in [-0.2, 0) is 54.5 Å². The van der Waals surface area contributed by atoms with Crippen molar-refractivity contribution in [2.75, 3.05) is 6.61 Å². The second-order valence-corrected chi connectivity index (χ2v) is 17.0. The molecule has 4 aromatic carbocycles. The van der Waals surface area contributed by atoms with Crippen LogP contribution in [0.4, 0.5) is 0 Å². The van der Waals surface area contributed by atoms with Crippen LogP contribution in [0.3, 0.4) is 0 Å². The molecule has 3 heterocycles. The SMILES string of the molecule is CC(C)C(NC(=O)C1CCc2ccc(cc2)OCC(=O)NC(Cc2cccs2)C(=O)NC(Cc2ccc(-c3ccccc3)cc2)C(=O)NC(CCc2ccccc2)C(=O)N1)C(=O)O. The second-order valence-electron chi connectivity index (χ2n) is 15.9. The maximum absolute atomic E-state index is 14.6. The molecule has 14 heteroatoms. The number of fused-ring (bicyclic) bond motifs is 17. The molecule has 0 aliphatic carbocycles. The lowest BCUT2D eigenvalue weighted by Gasteiger charge is -2.28. The molecule has 5 atom stereocenters. The summed E-state index contributed by atoms with van der Waals surface area (Å²) in [7, 11) is 0. The monoisotopic (exact) mass is 871 g/mol. The van der Waals surface area contributed by atoms with Crippen LogP contribution in [-0.4, -0.2) is 77.4 Å². The second kappa shape index (κ2) is 22.3. The average molecular weight is 872 g/mol. The predicted octanol–water partition coefficient (Wildman–Crippen LogP) is 5.02. The van der Waals surface area contributed by atoms with Gasteiger partial charge in [0.1, 0.15) is 36.0 Å². The third kappa shape index (κ3) is 13.6. The van der Waals surface area contributed by atoms with Crippen molar-refractivity contribution in [3.8, 4) is 16.9 Å². The fourth-order valence-corrected chi connectivity index (χ4v) is 8.03. The Morgan fingerprint density at radius 1 is 0.698 bits per heavy atom. The first-order valence-corrected chi connectivity index (χ1v) is 22.0. The van der Waals surface area contributed by atoms with Crippen molar-refractivity contribution in [1.29, 1.82) is 0 Å². The largest absolute Gasteiger partial charge is 0.484 e. The van der Waals surface area contributed by atoms with Gasteiger partial charge >= 0.3 is 5.97 Å². The van der Waals surface area contributed by atoms with Crippen molar-refractivity contribution < 1.29 is 38.6 Å². The van der Waals surface area contributed by atoms with Gasteiger partial charge in [-0.05, 0) is 83.0 Å². The van der Waals surface area contributed by atoms with Gasteiger partial charge in [0, 0.05) is 17.7 Å².